The Morgan fingerprint density at radius 1 is 1.43 bits per heavy atom. The molecule has 0 bridgehead atoms. The number of carbonyl (C=O) groups excluding carboxylic acids is 1. The zero-order valence-electron chi connectivity index (χ0n) is 12.2. The van der Waals surface area contributed by atoms with Crippen LogP contribution < -0.4 is 5.32 Å². The number of nitro benzene ring substituents is 1. The fraction of sp³-hybridized carbons (Fsp3) is 0.500. The molecule has 0 fully saturated rings. The van der Waals surface area contributed by atoms with Crippen molar-refractivity contribution >= 4 is 23.2 Å². The predicted octanol–water partition coefficient (Wildman–Crippen LogP) is 2.78. The highest BCUT2D eigenvalue weighted by atomic mass is 35.5. The molecule has 0 saturated carbocycles. The standard InChI is InChI=1S/C14H19ClN2O4/c1-14(2,3)12(4-5-18)16-13(19)9-6-10(15)8-11(7-9)17(20)21/h6-8,12,18H,4-5H2,1-3H3,(H,16,19). The molecule has 21 heavy (non-hydrogen) atoms. The summed E-state index contributed by atoms with van der Waals surface area (Å²) in [5.74, 6) is -0.450. The molecule has 0 saturated heterocycles. The summed E-state index contributed by atoms with van der Waals surface area (Å²) in [6, 6.07) is 3.49. The maximum absolute atomic E-state index is 12.2. The Balaban J connectivity index is 3.00. The fourth-order valence-corrected chi connectivity index (χ4v) is 2.13. The van der Waals surface area contributed by atoms with Crippen LogP contribution in [0, 0.1) is 15.5 Å². The lowest BCUT2D eigenvalue weighted by molar-refractivity contribution is -0.384. The molecule has 1 aromatic rings. The van der Waals surface area contributed by atoms with E-state index in [1.807, 2.05) is 20.8 Å². The van der Waals surface area contributed by atoms with Crippen LogP contribution in [0.1, 0.15) is 37.6 Å². The molecule has 0 radical (unpaired) electrons. The van der Waals surface area contributed by atoms with Crippen molar-refractivity contribution in [1.82, 2.24) is 5.32 Å². The van der Waals surface area contributed by atoms with E-state index in [4.69, 9.17) is 16.7 Å². The maximum atomic E-state index is 12.2. The van der Waals surface area contributed by atoms with Crippen LogP contribution in [0.3, 0.4) is 0 Å². The summed E-state index contributed by atoms with van der Waals surface area (Å²) in [5, 5.41) is 22.8. The van der Waals surface area contributed by atoms with Crippen LogP contribution in [0.15, 0.2) is 18.2 Å². The number of benzene rings is 1. The second kappa shape index (κ2) is 6.87. The van der Waals surface area contributed by atoms with Crippen LogP contribution in [0.25, 0.3) is 0 Å². The lowest BCUT2D eigenvalue weighted by atomic mass is 9.84. The maximum Gasteiger partial charge on any atom is 0.271 e. The molecule has 0 heterocycles. The molecule has 6 nitrogen and oxygen atoms in total. The molecule has 1 unspecified atom stereocenters. The summed E-state index contributed by atoms with van der Waals surface area (Å²) >= 11 is 5.80. The Labute approximate surface area is 128 Å². The molecule has 0 aliphatic rings. The second-order valence-corrected chi connectivity index (χ2v) is 6.30. The first kappa shape index (κ1) is 17.4. The zero-order valence-corrected chi connectivity index (χ0v) is 13.0. The number of amides is 1. The number of hydrogen-bond acceptors (Lipinski definition) is 4. The van der Waals surface area contributed by atoms with Gasteiger partial charge in [-0.05, 0) is 17.9 Å². The summed E-state index contributed by atoms with van der Waals surface area (Å²) in [7, 11) is 0. The van der Waals surface area contributed by atoms with E-state index in [0.717, 1.165) is 0 Å². The van der Waals surface area contributed by atoms with Crippen molar-refractivity contribution in [3.63, 3.8) is 0 Å². The van der Waals surface area contributed by atoms with Crippen molar-refractivity contribution in [3.05, 3.63) is 38.9 Å². The van der Waals surface area contributed by atoms with E-state index in [9.17, 15) is 14.9 Å². The van der Waals surface area contributed by atoms with Gasteiger partial charge in [0, 0.05) is 35.4 Å². The number of aliphatic hydroxyl groups excluding tert-OH is 1. The summed E-state index contributed by atoms with van der Waals surface area (Å²) in [4.78, 5) is 22.4. The van der Waals surface area contributed by atoms with E-state index < -0.39 is 10.8 Å². The van der Waals surface area contributed by atoms with Crippen molar-refractivity contribution in [1.29, 1.82) is 0 Å². The van der Waals surface area contributed by atoms with Crippen LogP contribution in [0.4, 0.5) is 5.69 Å². The summed E-state index contributed by atoms with van der Waals surface area (Å²) in [6.07, 6.45) is 0.401. The van der Waals surface area contributed by atoms with Gasteiger partial charge < -0.3 is 10.4 Å². The highest BCUT2D eigenvalue weighted by Gasteiger charge is 2.26. The topological polar surface area (TPSA) is 92.5 Å². The molecule has 1 amide bonds. The number of carbonyl (C=O) groups is 1. The summed E-state index contributed by atoms with van der Waals surface area (Å²) in [5.41, 5.74) is -0.355. The zero-order chi connectivity index (χ0) is 16.2. The first-order chi connectivity index (χ1) is 9.65. The Kier molecular flexibility index (Phi) is 5.69. The molecule has 0 aromatic heterocycles. The van der Waals surface area contributed by atoms with Crippen LogP contribution in [-0.2, 0) is 0 Å². The van der Waals surface area contributed by atoms with E-state index in [1.165, 1.54) is 18.2 Å². The van der Waals surface area contributed by atoms with Crippen molar-refractivity contribution in [3.8, 4) is 0 Å². The Bertz CT molecular complexity index is 540. The molecule has 0 spiro atoms. The lowest BCUT2D eigenvalue weighted by Crippen LogP contribution is -2.44. The predicted molar refractivity (Wildman–Crippen MR) is 80.5 cm³/mol. The van der Waals surface area contributed by atoms with E-state index in [1.54, 1.807) is 0 Å². The first-order valence-corrected chi connectivity index (χ1v) is 6.89. The number of aliphatic hydroxyl groups is 1. The summed E-state index contributed by atoms with van der Waals surface area (Å²) < 4.78 is 0. The number of rotatable bonds is 5. The fourth-order valence-electron chi connectivity index (χ4n) is 1.90. The van der Waals surface area contributed by atoms with Gasteiger partial charge in [-0.15, -0.1) is 0 Å². The molecule has 0 aliphatic carbocycles. The monoisotopic (exact) mass is 314 g/mol. The quantitative estimate of drug-likeness (QED) is 0.645. The third kappa shape index (κ3) is 4.99. The van der Waals surface area contributed by atoms with E-state index in [0.29, 0.717) is 6.42 Å². The number of nitro groups is 1. The molecule has 0 aliphatic heterocycles. The normalized spacial score (nSPS) is 12.8. The molecular formula is C14H19ClN2O4. The molecule has 1 rings (SSSR count). The number of hydrogen-bond donors (Lipinski definition) is 2. The molecule has 116 valence electrons. The highest BCUT2D eigenvalue weighted by molar-refractivity contribution is 6.31. The molecule has 2 N–H and O–H groups in total. The van der Waals surface area contributed by atoms with Crippen molar-refractivity contribution in [2.24, 2.45) is 5.41 Å². The first-order valence-electron chi connectivity index (χ1n) is 6.52. The largest absolute Gasteiger partial charge is 0.396 e. The van der Waals surface area contributed by atoms with Crippen molar-refractivity contribution in [2.75, 3.05) is 6.61 Å². The van der Waals surface area contributed by atoms with Crippen molar-refractivity contribution < 1.29 is 14.8 Å². The average Bonchev–Trinajstić information content (AvgIpc) is 2.36. The third-order valence-corrected chi connectivity index (χ3v) is 3.34. The minimum atomic E-state index is -0.600. The Morgan fingerprint density at radius 3 is 2.52 bits per heavy atom. The van der Waals surface area contributed by atoms with Gasteiger partial charge >= 0.3 is 0 Å². The van der Waals surface area contributed by atoms with Gasteiger partial charge in [-0.2, -0.15) is 0 Å². The van der Waals surface area contributed by atoms with Crippen LogP contribution >= 0.6 is 11.6 Å². The summed E-state index contributed by atoms with van der Waals surface area (Å²) in [6.45, 7) is 5.76. The van der Waals surface area contributed by atoms with Gasteiger partial charge in [0.2, 0.25) is 0 Å². The van der Waals surface area contributed by atoms with Crippen LogP contribution in [-0.4, -0.2) is 28.6 Å². The van der Waals surface area contributed by atoms with Gasteiger partial charge in [0.05, 0.1) is 4.92 Å². The second-order valence-electron chi connectivity index (χ2n) is 5.86. The van der Waals surface area contributed by atoms with Gasteiger partial charge in [0.1, 0.15) is 0 Å². The Hall–Kier alpha value is -1.66. The minimum Gasteiger partial charge on any atom is -0.396 e. The lowest BCUT2D eigenvalue weighted by Gasteiger charge is -2.31. The van der Waals surface area contributed by atoms with Gasteiger partial charge in [0.25, 0.3) is 11.6 Å². The van der Waals surface area contributed by atoms with E-state index >= 15 is 0 Å². The molecule has 1 aromatic carbocycles. The average molecular weight is 315 g/mol. The van der Waals surface area contributed by atoms with Crippen LogP contribution in [0.5, 0.6) is 0 Å². The van der Waals surface area contributed by atoms with E-state index in [-0.39, 0.29) is 34.3 Å². The minimum absolute atomic E-state index is 0.0576. The number of non-ortho nitro benzene ring substituents is 1. The van der Waals surface area contributed by atoms with Crippen LogP contribution in [0.2, 0.25) is 5.02 Å². The number of halogens is 1. The van der Waals surface area contributed by atoms with Crippen molar-refractivity contribution in [2.45, 2.75) is 33.2 Å². The van der Waals surface area contributed by atoms with Gasteiger partial charge in [0.15, 0.2) is 0 Å². The Morgan fingerprint density at radius 2 is 2.05 bits per heavy atom. The number of nitrogens with zero attached hydrogens (tertiary/aromatic N) is 1. The molecule has 1 atom stereocenters. The molecular weight excluding hydrogens is 296 g/mol. The smallest absolute Gasteiger partial charge is 0.271 e. The number of nitrogens with one attached hydrogen (secondary N) is 1. The van der Waals surface area contributed by atoms with Gasteiger partial charge in [-0.1, -0.05) is 32.4 Å². The van der Waals surface area contributed by atoms with Gasteiger partial charge in [-0.3, -0.25) is 14.9 Å². The SMILES string of the molecule is CC(C)(C)C(CCO)NC(=O)c1cc(Cl)cc([N+](=O)[O-])c1. The third-order valence-electron chi connectivity index (χ3n) is 3.12. The van der Waals surface area contributed by atoms with E-state index in [2.05, 4.69) is 5.32 Å². The molecule has 7 heteroatoms. The van der Waals surface area contributed by atoms with Gasteiger partial charge in [-0.25, -0.2) is 0 Å². The highest BCUT2D eigenvalue weighted by Crippen LogP contribution is 2.24.